The quantitative estimate of drug-likeness (QED) is 0.635. The van der Waals surface area contributed by atoms with Gasteiger partial charge in [-0.05, 0) is 17.2 Å². The van der Waals surface area contributed by atoms with Crippen LogP contribution in [0.2, 0.25) is 0 Å². The summed E-state index contributed by atoms with van der Waals surface area (Å²) in [6.45, 7) is 1.37. The van der Waals surface area contributed by atoms with Crippen molar-refractivity contribution in [1.82, 2.24) is 14.3 Å². The van der Waals surface area contributed by atoms with Gasteiger partial charge in [0.2, 0.25) is 5.91 Å². The topological polar surface area (TPSA) is 81.0 Å². The monoisotopic (exact) mass is 395 g/mol. The first kappa shape index (κ1) is 18.1. The van der Waals surface area contributed by atoms with Crippen LogP contribution in [-0.4, -0.2) is 26.2 Å². The van der Waals surface area contributed by atoms with Gasteiger partial charge in [-0.15, -0.1) is 11.3 Å². The lowest BCUT2D eigenvalue weighted by molar-refractivity contribution is -0.147. The molecule has 7 nitrogen and oxygen atoms in total. The molecule has 0 N–H and O–H groups in total. The van der Waals surface area contributed by atoms with Gasteiger partial charge in [0.05, 0.1) is 18.2 Å². The van der Waals surface area contributed by atoms with Gasteiger partial charge in [-0.25, -0.2) is 4.98 Å². The molecule has 0 radical (unpaired) electrons. The molecule has 2 aromatic heterocycles. The number of fused-ring (bicyclic) bond motifs is 2. The van der Waals surface area contributed by atoms with Crippen molar-refractivity contribution in [2.24, 2.45) is 0 Å². The summed E-state index contributed by atoms with van der Waals surface area (Å²) in [5.41, 5.74) is 2.05. The molecule has 0 aliphatic carbocycles. The largest absolute Gasteiger partial charge is 0.459 e. The van der Waals surface area contributed by atoms with Crippen molar-refractivity contribution in [3.8, 4) is 0 Å². The molecule has 142 valence electrons. The molecule has 3 aromatic rings. The molecule has 1 aromatic carbocycles. The molecule has 0 spiro atoms. The fraction of sp³-hybridized carbons (Fsp3) is 0.200. The Hall–Kier alpha value is -3.26. The zero-order chi connectivity index (χ0) is 19.7. The summed E-state index contributed by atoms with van der Waals surface area (Å²) in [5, 5.41) is 1.77. The number of hydrogen-bond acceptors (Lipinski definition) is 6. The fourth-order valence-electron chi connectivity index (χ4n) is 3.25. The van der Waals surface area contributed by atoms with E-state index in [1.54, 1.807) is 17.8 Å². The summed E-state index contributed by atoms with van der Waals surface area (Å²) in [6.07, 6.45) is 5.21. The average molecular weight is 395 g/mol. The van der Waals surface area contributed by atoms with Crippen molar-refractivity contribution in [2.45, 2.75) is 26.0 Å². The van der Waals surface area contributed by atoms with Crippen LogP contribution in [0.1, 0.15) is 36.2 Å². The zero-order valence-electron chi connectivity index (χ0n) is 15.1. The highest BCUT2D eigenvalue weighted by atomic mass is 32.1. The molecule has 1 aliphatic heterocycles. The fourth-order valence-corrected chi connectivity index (χ4v) is 3.98. The number of hydrogen-bond donors (Lipinski definition) is 0. The maximum Gasteiger partial charge on any atom is 0.308 e. The number of nitrogens with zero attached hydrogens (tertiary/aromatic N) is 3. The SMILES string of the molecule is CC(=O)N1C=Cc2ccccc2[C@@H]1CC(=O)OCc1cc(=O)n2ccsc2n1. The Labute approximate surface area is 164 Å². The Morgan fingerprint density at radius 2 is 2.11 bits per heavy atom. The maximum atomic E-state index is 12.5. The van der Waals surface area contributed by atoms with E-state index in [1.165, 1.54) is 33.6 Å². The second-order valence-corrected chi connectivity index (χ2v) is 7.27. The number of aromatic nitrogens is 2. The van der Waals surface area contributed by atoms with Crippen LogP contribution in [-0.2, 0) is 20.9 Å². The van der Waals surface area contributed by atoms with Gasteiger partial charge in [-0.3, -0.25) is 18.8 Å². The summed E-state index contributed by atoms with van der Waals surface area (Å²) in [5.74, 6) is -0.615. The minimum atomic E-state index is -0.463. The molecular formula is C20H17N3O4S. The normalized spacial score (nSPS) is 15.5. The highest BCUT2D eigenvalue weighted by Gasteiger charge is 2.28. The number of thiazole rings is 1. The average Bonchev–Trinajstić information content (AvgIpc) is 3.15. The molecule has 0 saturated heterocycles. The first-order valence-electron chi connectivity index (χ1n) is 8.70. The lowest BCUT2D eigenvalue weighted by Gasteiger charge is -2.32. The lowest BCUT2D eigenvalue weighted by atomic mass is 9.94. The Morgan fingerprint density at radius 3 is 2.93 bits per heavy atom. The van der Waals surface area contributed by atoms with E-state index in [0.717, 1.165) is 11.1 Å². The van der Waals surface area contributed by atoms with Crippen LogP contribution >= 0.6 is 11.3 Å². The maximum absolute atomic E-state index is 12.5. The predicted molar refractivity (Wildman–Crippen MR) is 104 cm³/mol. The van der Waals surface area contributed by atoms with Crippen LogP contribution in [0.3, 0.4) is 0 Å². The number of rotatable bonds is 4. The van der Waals surface area contributed by atoms with E-state index in [4.69, 9.17) is 4.74 Å². The molecule has 0 fully saturated rings. The number of esters is 1. The Kier molecular flexibility index (Phi) is 4.79. The van der Waals surface area contributed by atoms with Gasteiger partial charge in [0.15, 0.2) is 4.96 Å². The van der Waals surface area contributed by atoms with E-state index in [-0.39, 0.29) is 24.5 Å². The highest BCUT2D eigenvalue weighted by molar-refractivity contribution is 7.15. The zero-order valence-corrected chi connectivity index (χ0v) is 15.9. The van der Waals surface area contributed by atoms with E-state index in [9.17, 15) is 14.4 Å². The second-order valence-electron chi connectivity index (χ2n) is 6.39. The van der Waals surface area contributed by atoms with Gasteiger partial charge >= 0.3 is 5.97 Å². The van der Waals surface area contributed by atoms with E-state index < -0.39 is 12.0 Å². The van der Waals surface area contributed by atoms with Crippen molar-refractivity contribution in [3.05, 3.63) is 75.3 Å². The Bertz CT molecular complexity index is 1150. The molecule has 0 bridgehead atoms. The number of ether oxygens (including phenoxy) is 1. The van der Waals surface area contributed by atoms with Crippen molar-refractivity contribution < 1.29 is 14.3 Å². The summed E-state index contributed by atoms with van der Waals surface area (Å²) < 4.78 is 6.78. The third-order valence-electron chi connectivity index (χ3n) is 4.57. The summed E-state index contributed by atoms with van der Waals surface area (Å²) in [7, 11) is 0. The third kappa shape index (κ3) is 3.46. The lowest BCUT2D eigenvalue weighted by Crippen LogP contribution is -2.32. The summed E-state index contributed by atoms with van der Waals surface area (Å²) in [4.78, 5) is 42.9. The molecule has 4 rings (SSSR count). The van der Waals surface area contributed by atoms with Crippen LogP contribution in [0.25, 0.3) is 11.0 Å². The number of carbonyl (C=O) groups excluding carboxylic acids is 2. The van der Waals surface area contributed by atoms with Crippen molar-refractivity contribution >= 4 is 34.3 Å². The van der Waals surface area contributed by atoms with Gasteiger partial charge in [-0.1, -0.05) is 24.3 Å². The third-order valence-corrected chi connectivity index (χ3v) is 5.32. The Morgan fingerprint density at radius 1 is 1.29 bits per heavy atom. The summed E-state index contributed by atoms with van der Waals surface area (Å²) >= 11 is 1.33. The number of carbonyl (C=O) groups is 2. The first-order chi connectivity index (χ1) is 13.5. The van der Waals surface area contributed by atoms with Crippen LogP contribution in [0.5, 0.6) is 0 Å². The van der Waals surface area contributed by atoms with Crippen LogP contribution in [0.4, 0.5) is 0 Å². The molecule has 0 saturated carbocycles. The molecule has 8 heteroatoms. The minimum Gasteiger partial charge on any atom is -0.459 e. The second kappa shape index (κ2) is 7.40. The van der Waals surface area contributed by atoms with Crippen molar-refractivity contribution in [1.29, 1.82) is 0 Å². The Balaban J connectivity index is 1.49. The highest BCUT2D eigenvalue weighted by Crippen LogP contribution is 2.33. The van der Waals surface area contributed by atoms with E-state index >= 15 is 0 Å². The van der Waals surface area contributed by atoms with Gasteiger partial charge in [0.25, 0.3) is 5.56 Å². The first-order valence-corrected chi connectivity index (χ1v) is 9.58. The van der Waals surface area contributed by atoms with Crippen LogP contribution < -0.4 is 5.56 Å². The van der Waals surface area contributed by atoms with E-state index in [0.29, 0.717) is 10.7 Å². The van der Waals surface area contributed by atoms with Crippen LogP contribution in [0, 0.1) is 0 Å². The molecular weight excluding hydrogens is 378 g/mol. The van der Waals surface area contributed by atoms with Crippen molar-refractivity contribution in [3.63, 3.8) is 0 Å². The minimum absolute atomic E-state index is 0.0150. The van der Waals surface area contributed by atoms with Crippen LogP contribution in [0.15, 0.2) is 52.9 Å². The van der Waals surface area contributed by atoms with E-state index in [1.807, 2.05) is 30.3 Å². The summed E-state index contributed by atoms with van der Waals surface area (Å²) in [6, 6.07) is 8.56. The van der Waals surface area contributed by atoms with Gasteiger partial charge in [0, 0.05) is 30.8 Å². The molecule has 1 amide bonds. The molecule has 28 heavy (non-hydrogen) atoms. The van der Waals surface area contributed by atoms with Crippen molar-refractivity contribution in [2.75, 3.05) is 0 Å². The number of benzene rings is 1. The van der Waals surface area contributed by atoms with E-state index in [2.05, 4.69) is 4.98 Å². The molecule has 0 unspecified atom stereocenters. The molecule has 1 aliphatic rings. The molecule has 3 heterocycles. The smallest absolute Gasteiger partial charge is 0.308 e. The predicted octanol–water partition coefficient (Wildman–Crippen LogP) is 2.76. The number of amides is 1. The standard InChI is InChI=1S/C20H17N3O4S/c1-13(24)22-7-6-14-4-2-3-5-16(14)17(22)11-19(26)27-12-15-10-18(25)23-8-9-28-20(23)21-15/h2-10,17H,11-12H2,1H3/t17-/m0/s1. The molecule has 1 atom stereocenters. The van der Waals surface area contributed by atoms with Gasteiger partial charge in [-0.2, -0.15) is 0 Å². The van der Waals surface area contributed by atoms with Gasteiger partial charge in [0.1, 0.15) is 6.61 Å². The van der Waals surface area contributed by atoms with Gasteiger partial charge < -0.3 is 9.64 Å².